The van der Waals surface area contributed by atoms with Gasteiger partial charge in [-0.3, -0.25) is 4.79 Å². The number of carboxylic acids is 2. The summed E-state index contributed by atoms with van der Waals surface area (Å²) in [5, 5.41) is 42.4. The first-order chi connectivity index (χ1) is 12.2. The number of aromatic hydroxyl groups is 2. The minimum Gasteiger partial charge on any atom is -0.506 e. The zero-order valence-corrected chi connectivity index (χ0v) is 13.2. The monoisotopic (exact) mass is 357 g/mol. The smallest absolute Gasteiger partial charge is 0.339 e. The highest BCUT2D eigenvalue weighted by Crippen LogP contribution is 2.30. The van der Waals surface area contributed by atoms with Gasteiger partial charge in [0.1, 0.15) is 22.6 Å². The quantitative estimate of drug-likeness (QED) is 0.505. The summed E-state index contributed by atoms with van der Waals surface area (Å²) in [5.41, 5.74) is -1.000. The van der Waals surface area contributed by atoms with Gasteiger partial charge in [0.15, 0.2) is 11.9 Å². The Morgan fingerprint density at radius 1 is 1.08 bits per heavy atom. The van der Waals surface area contributed by atoms with Crippen LogP contribution in [0.25, 0.3) is 16.7 Å². The molecule has 0 aliphatic heterocycles. The van der Waals surface area contributed by atoms with Crippen LogP contribution in [-0.2, 0) is 0 Å². The molecule has 26 heavy (non-hydrogen) atoms. The molecule has 0 fully saturated rings. The van der Waals surface area contributed by atoms with Gasteiger partial charge in [-0.15, -0.1) is 5.10 Å². The third kappa shape index (κ3) is 2.49. The SMILES string of the molecule is Cc1nc2nn(-c3cc(C(=O)O)c(O)c(C(=O)O)c3)cc2c(C=O)c1O. The summed E-state index contributed by atoms with van der Waals surface area (Å²) in [6.07, 6.45) is 1.73. The molecule has 0 aliphatic carbocycles. The fourth-order valence-electron chi connectivity index (χ4n) is 2.50. The Bertz CT molecular complexity index is 1070. The highest BCUT2D eigenvalue weighted by Gasteiger charge is 2.22. The lowest BCUT2D eigenvalue weighted by Gasteiger charge is -2.08. The molecule has 0 amide bonds. The normalized spacial score (nSPS) is 10.8. The van der Waals surface area contributed by atoms with Crippen molar-refractivity contribution >= 4 is 29.3 Å². The first kappa shape index (κ1) is 16.9. The average Bonchev–Trinajstić information content (AvgIpc) is 2.99. The maximum atomic E-state index is 11.3. The van der Waals surface area contributed by atoms with Crippen LogP contribution >= 0.6 is 0 Å². The topological polar surface area (TPSA) is 163 Å². The Hall–Kier alpha value is -3.95. The second-order valence-electron chi connectivity index (χ2n) is 5.39. The molecule has 3 aromatic rings. The van der Waals surface area contributed by atoms with Crippen LogP contribution in [0.2, 0.25) is 0 Å². The highest BCUT2D eigenvalue weighted by molar-refractivity contribution is 6.00. The zero-order valence-electron chi connectivity index (χ0n) is 13.2. The highest BCUT2D eigenvalue weighted by atomic mass is 16.4. The van der Waals surface area contributed by atoms with Crippen molar-refractivity contribution in [1.82, 2.24) is 14.8 Å². The lowest BCUT2D eigenvalue weighted by Crippen LogP contribution is -2.07. The molecule has 2 aromatic heterocycles. The molecular formula is C16H11N3O7. The largest absolute Gasteiger partial charge is 0.506 e. The predicted octanol–water partition coefficient (Wildman–Crippen LogP) is 1.35. The zero-order chi connectivity index (χ0) is 19.2. The summed E-state index contributed by atoms with van der Waals surface area (Å²) in [5.74, 6) is -4.24. The van der Waals surface area contributed by atoms with Gasteiger partial charge in [0, 0.05) is 6.20 Å². The van der Waals surface area contributed by atoms with E-state index >= 15 is 0 Å². The van der Waals surface area contributed by atoms with E-state index in [1.54, 1.807) is 0 Å². The van der Waals surface area contributed by atoms with Crippen LogP contribution in [0.5, 0.6) is 11.5 Å². The maximum absolute atomic E-state index is 11.3. The maximum Gasteiger partial charge on any atom is 0.339 e. The van der Waals surface area contributed by atoms with Crippen LogP contribution in [-0.4, -0.2) is 53.4 Å². The number of carbonyl (C=O) groups excluding carboxylic acids is 1. The van der Waals surface area contributed by atoms with Gasteiger partial charge in [-0.2, -0.15) is 0 Å². The van der Waals surface area contributed by atoms with Gasteiger partial charge in [0.25, 0.3) is 0 Å². The van der Waals surface area contributed by atoms with Crippen molar-refractivity contribution in [2.45, 2.75) is 6.92 Å². The number of carbonyl (C=O) groups is 3. The van der Waals surface area contributed by atoms with E-state index < -0.39 is 28.8 Å². The van der Waals surface area contributed by atoms with E-state index in [0.717, 1.165) is 16.8 Å². The second kappa shape index (κ2) is 5.84. The first-order valence-corrected chi connectivity index (χ1v) is 7.12. The van der Waals surface area contributed by atoms with Gasteiger partial charge in [-0.05, 0) is 19.1 Å². The number of aldehydes is 1. The standard InChI is InChI=1S/C16H11N3O7/c1-6-12(21)11(5-20)10-4-19(18-14(10)17-6)7-2-8(15(23)24)13(22)9(3-7)16(25)26/h2-5,21-22H,1H3,(H,23,24)(H,25,26). The fourth-order valence-corrected chi connectivity index (χ4v) is 2.50. The van der Waals surface area contributed by atoms with Gasteiger partial charge in [-0.1, -0.05) is 0 Å². The molecule has 4 N–H and O–H groups in total. The van der Waals surface area contributed by atoms with Crippen LogP contribution < -0.4 is 0 Å². The van der Waals surface area contributed by atoms with Crippen LogP contribution in [0, 0.1) is 6.92 Å². The van der Waals surface area contributed by atoms with Crippen molar-refractivity contribution in [2.24, 2.45) is 0 Å². The number of aryl methyl sites for hydroxylation is 1. The number of rotatable bonds is 4. The van der Waals surface area contributed by atoms with Gasteiger partial charge < -0.3 is 20.4 Å². The Labute approximate surface area is 144 Å². The molecule has 0 unspecified atom stereocenters. The van der Waals surface area contributed by atoms with E-state index in [1.807, 2.05) is 0 Å². The van der Waals surface area contributed by atoms with Gasteiger partial charge in [0.2, 0.25) is 0 Å². The number of hydrogen-bond acceptors (Lipinski definition) is 7. The molecule has 0 saturated heterocycles. The number of fused-ring (bicyclic) bond motifs is 1. The fraction of sp³-hybridized carbons (Fsp3) is 0.0625. The number of aromatic carboxylic acids is 2. The number of aromatic nitrogens is 3. The molecular weight excluding hydrogens is 346 g/mol. The number of pyridine rings is 1. The third-order valence-electron chi connectivity index (χ3n) is 3.79. The number of nitrogens with zero attached hydrogens (tertiary/aromatic N) is 3. The molecule has 1 aromatic carbocycles. The number of phenols is 1. The lowest BCUT2D eigenvalue weighted by atomic mass is 10.1. The minimum atomic E-state index is -1.52. The molecule has 0 bridgehead atoms. The second-order valence-corrected chi connectivity index (χ2v) is 5.39. The minimum absolute atomic E-state index is 0.0181. The number of benzene rings is 1. The number of carboxylic acid groups (broad SMARTS) is 2. The molecule has 10 heteroatoms. The molecule has 0 atom stereocenters. The predicted molar refractivity (Wildman–Crippen MR) is 86.2 cm³/mol. The van der Waals surface area contributed by atoms with E-state index in [4.69, 9.17) is 10.2 Å². The van der Waals surface area contributed by atoms with Gasteiger partial charge in [-0.25, -0.2) is 19.3 Å². The van der Waals surface area contributed by atoms with E-state index in [1.165, 1.54) is 13.1 Å². The van der Waals surface area contributed by atoms with Crippen molar-refractivity contribution in [3.63, 3.8) is 0 Å². The summed E-state index contributed by atoms with van der Waals surface area (Å²) >= 11 is 0. The molecule has 0 saturated carbocycles. The van der Waals surface area contributed by atoms with Crippen molar-refractivity contribution < 1.29 is 34.8 Å². The summed E-state index contributed by atoms with van der Waals surface area (Å²) in [7, 11) is 0. The number of hydrogen-bond donors (Lipinski definition) is 4. The molecule has 0 radical (unpaired) electrons. The Balaban J connectivity index is 2.32. The molecule has 2 heterocycles. The van der Waals surface area contributed by atoms with Crippen molar-refractivity contribution in [2.75, 3.05) is 0 Å². The van der Waals surface area contributed by atoms with Gasteiger partial charge >= 0.3 is 11.9 Å². The molecule has 10 nitrogen and oxygen atoms in total. The van der Waals surface area contributed by atoms with E-state index in [0.29, 0.717) is 6.29 Å². The summed E-state index contributed by atoms with van der Waals surface area (Å²) < 4.78 is 1.11. The molecule has 132 valence electrons. The van der Waals surface area contributed by atoms with Crippen LogP contribution in [0.4, 0.5) is 0 Å². The molecule has 0 spiro atoms. The summed E-state index contributed by atoms with van der Waals surface area (Å²) in [6, 6.07) is 2.06. The average molecular weight is 357 g/mol. The van der Waals surface area contributed by atoms with Crippen LogP contribution in [0.1, 0.15) is 36.8 Å². The van der Waals surface area contributed by atoms with E-state index in [2.05, 4.69) is 10.1 Å². The summed E-state index contributed by atoms with van der Waals surface area (Å²) in [4.78, 5) is 37.8. The Kier molecular flexibility index (Phi) is 3.80. The Morgan fingerprint density at radius 2 is 1.65 bits per heavy atom. The lowest BCUT2D eigenvalue weighted by molar-refractivity contribution is 0.0691. The molecule has 3 rings (SSSR count). The third-order valence-corrected chi connectivity index (χ3v) is 3.79. The van der Waals surface area contributed by atoms with Crippen molar-refractivity contribution in [3.05, 3.63) is 40.7 Å². The van der Waals surface area contributed by atoms with Crippen LogP contribution in [0.3, 0.4) is 0 Å². The van der Waals surface area contributed by atoms with E-state index in [9.17, 15) is 24.6 Å². The van der Waals surface area contributed by atoms with Crippen molar-refractivity contribution in [1.29, 1.82) is 0 Å². The van der Waals surface area contributed by atoms with Crippen LogP contribution in [0.15, 0.2) is 18.3 Å². The van der Waals surface area contributed by atoms with E-state index in [-0.39, 0.29) is 33.7 Å². The molecule has 0 aliphatic rings. The Morgan fingerprint density at radius 3 is 2.15 bits per heavy atom. The first-order valence-electron chi connectivity index (χ1n) is 7.12. The van der Waals surface area contributed by atoms with Crippen molar-refractivity contribution in [3.8, 4) is 17.2 Å². The van der Waals surface area contributed by atoms with Gasteiger partial charge in [0.05, 0.1) is 22.3 Å². The summed E-state index contributed by atoms with van der Waals surface area (Å²) in [6.45, 7) is 1.48.